The van der Waals surface area contributed by atoms with E-state index in [-0.39, 0.29) is 18.3 Å². The van der Waals surface area contributed by atoms with Gasteiger partial charge in [-0.2, -0.15) is 0 Å². The fourth-order valence-electron chi connectivity index (χ4n) is 2.98. The van der Waals surface area contributed by atoms with E-state index in [1.807, 2.05) is 29.2 Å². The number of hydrogen-bond donors (Lipinski definition) is 1. The predicted octanol–water partition coefficient (Wildman–Crippen LogP) is 1.98. The molecule has 0 saturated carbocycles. The van der Waals surface area contributed by atoms with E-state index in [2.05, 4.69) is 5.32 Å². The molecule has 19 heavy (non-hydrogen) atoms. The molecule has 0 unspecified atom stereocenters. The zero-order valence-corrected chi connectivity index (χ0v) is 12.2. The van der Waals surface area contributed by atoms with Gasteiger partial charge < -0.3 is 10.2 Å². The summed E-state index contributed by atoms with van der Waals surface area (Å²) >= 11 is 6.09. The number of likely N-dealkylation sites (tertiary alicyclic amines) is 1. The van der Waals surface area contributed by atoms with E-state index in [9.17, 15) is 4.79 Å². The number of halogens is 2. The van der Waals surface area contributed by atoms with Gasteiger partial charge in [0, 0.05) is 31.2 Å². The Morgan fingerprint density at radius 2 is 1.89 bits per heavy atom. The molecule has 1 aromatic rings. The van der Waals surface area contributed by atoms with E-state index >= 15 is 0 Å². The maximum absolute atomic E-state index is 12.2. The molecule has 1 aromatic carbocycles. The summed E-state index contributed by atoms with van der Waals surface area (Å²) in [6.07, 6.45) is 0.423. The lowest BCUT2D eigenvalue weighted by Gasteiger charge is -2.17. The van der Waals surface area contributed by atoms with Crippen molar-refractivity contribution in [3.05, 3.63) is 34.9 Å². The van der Waals surface area contributed by atoms with Gasteiger partial charge in [0.1, 0.15) is 0 Å². The Balaban J connectivity index is 0.00000133. The van der Waals surface area contributed by atoms with Crippen molar-refractivity contribution >= 4 is 29.9 Å². The van der Waals surface area contributed by atoms with Gasteiger partial charge in [-0.15, -0.1) is 12.4 Å². The van der Waals surface area contributed by atoms with Gasteiger partial charge in [-0.25, -0.2) is 0 Å². The zero-order chi connectivity index (χ0) is 12.5. The Morgan fingerprint density at radius 1 is 1.26 bits per heavy atom. The molecule has 3 nitrogen and oxygen atoms in total. The quantitative estimate of drug-likeness (QED) is 0.906. The van der Waals surface area contributed by atoms with Gasteiger partial charge in [0.2, 0.25) is 5.91 Å². The van der Waals surface area contributed by atoms with Crippen molar-refractivity contribution in [1.29, 1.82) is 0 Å². The normalized spacial score (nSPS) is 25.0. The number of fused-ring (bicyclic) bond motifs is 1. The van der Waals surface area contributed by atoms with Crippen LogP contribution in [0.15, 0.2) is 24.3 Å². The first-order chi connectivity index (χ1) is 8.74. The molecule has 2 saturated heterocycles. The molecule has 104 valence electrons. The fraction of sp³-hybridized carbons (Fsp3) is 0.500. The highest BCUT2D eigenvalue weighted by Gasteiger charge is 2.37. The molecule has 1 N–H and O–H groups in total. The van der Waals surface area contributed by atoms with Gasteiger partial charge in [-0.1, -0.05) is 29.8 Å². The van der Waals surface area contributed by atoms with Crippen LogP contribution in [0.1, 0.15) is 5.56 Å². The first-order valence-corrected chi connectivity index (χ1v) is 6.84. The van der Waals surface area contributed by atoms with E-state index in [0.29, 0.717) is 23.3 Å². The lowest BCUT2D eigenvalue weighted by Crippen LogP contribution is -2.33. The Kier molecular flexibility index (Phi) is 4.71. The lowest BCUT2D eigenvalue weighted by molar-refractivity contribution is -0.129. The molecule has 0 aliphatic carbocycles. The van der Waals surface area contributed by atoms with Crippen LogP contribution in [0.2, 0.25) is 5.02 Å². The highest BCUT2D eigenvalue weighted by molar-refractivity contribution is 6.31. The Hall–Kier alpha value is -0.770. The van der Waals surface area contributed by atoms with Crippen LogP contribution in [-0.4, -0.2) is 37.0 Å². The summed E-state index contributed by atoms with van der Waals surface area (Å²) in [4.78, 5) is 14.2. The molecular weight excluding hydrogens is 283 g/mol. The molecule has 0 spiro atoms. The van der Waals surface area contributed by atoms with E-state index in [0.717, 1.165) is 31.7 Å². The standard InChI is InChI=1S/C14H17ClN2O.ClH/c15-13-4-2-1-3-10(13)5-14(18)17-8-11-6-16-7-12(11)9-17;/h1-4,11-12,16H,5-9H2;1H/t11-,12+;. The monoisotopic (exact) mass is 300 g/mol. The molecule has 2 atom stereocenters. The number of benzene rings is 1. The van der Waals surface area contributed by atoms with Gasteiger partial charge in [0.25, 0.3) is 0 Å². The average molecular weight is 301 g/mol. The number of nitrogens with zero attached hydrogens (tertiary/aromatic N) is 1. The van der Waals surface area contributed by atoms with Crippen LogP contribution >= 0.6 is 24.0 Å². The minimum Gasteiger partial charge on any atom is -0.342 e. The van der Waals surface area contributed by atoms with Crippen LogP contribution in [0.4, 0.5) is 0 Å². The molecule has 0 aromatic heterocycles. The van der Waals surface area contributed by atoms with Crippen molar-refractivity contribution in [2.75, 3.05) is 26.2 Å². The maximum Gasteiger partial charge on any atom is 0.227 e. The zero-order valence-electron chi connectivity index (χ0n) is 10.6. The van der Waals surface area contributed by atoms with E-state index < -0.39 is 0 Å². The highest BCUT2D eigenvalue weighted by atomic mass is 35.5. The van der Waals surface area contributed by atoms with Crippen LogP contribution < -0.4 is 5.32 Å². The third-order valence-corrected chi connectivity index (χ3v) is 4.41. The first kappa shape index (κ1) is 14.6. The number of nitrogens with one attached hydrogen (secondary N) is 1. The minimum absolute atomic E-state index is 0. The van der Waals surface area contributed by atoms with Gasteiger partial charge in [0.15, 0.2) is 0 Å². The van der Waals surface area contributed by atoms with Crippen molar-refractivity contribution in [2.24, 2.45) is 11.8 Å². The molecule has 2 aliphatic rings. The second-order valence-corrected chi connectivity index (χ2v) is 5.65. The fourth-order valence-corrected chi connectivity index (χ4v) is 3.18. The topological polar surface area (TPSA) is 32.3 Å². The molecule has 2 heterocycles. The summed E-state index contributed by atoms with van der Waals surface area (Å²) in [6, 6.07) is 7.59. The summed E-state index contributed by atoms with van der Waals surface area (Å²) in [6.45, 7) is 3.92. The Morgan fingerprint density at radius 3 is 2.53 bits per heavy atom. The van der Waals surface area contributed by atoms with Crippen LogP contribution in [0.3, 0.4) is 0 Å². The lowest BCUT2D eigenvalue weighted by atomic mass is 10.0. The van der Waals surface area contributed by atoms with Crippen molar-refractivity contribution in [1.82, 2.24) is 10.2 Å². The molecule has 1 amide bonds. The number of amides is 1. The third kappa shape index (κ3) is 3.04. The second kappa shape index (κ2) is 6.12. The van der Waals surface area contributed by atoms with Gasteiger partial charge in [0.05, 0.1) is 6.42 Å². The largest absolute Gasteiger partial charge is 0.342 e. The van der Waals surface area contributed by atoms with Gasteiger partial charge in [-0.05, 0) is 23.5 Å². The first-order valence-electron chi connectivity index (χ1n) is 6.46. The van der Waals surface area contributed by atoms with Crippen LogP contribution in [0.5, 0.6) is 0 Å². The Bertz CT molecular complexity index is 455. The Labute approximate surface area is 124 Å². The summed E-state index contributed by atoms with van der Waals surface area (Å²) in [7, 11) is 0. The number of carbonyl (C=O) groups excluding carboxylic acids is 1. The third-order valence-electron chi connectivity index (χ3n) is 4.04. The molecule has 3 rings (SSSR count). The number of rotatable bonds is 2. The number of carbonyl (C=O) groups is 1. The maximum atomic E-state index is 12.2. The van der Waals surface area contributed by atoms with Gasteiger partial charge >= 0.3 is 0 Å². The molecule has 0 bridgehead atoms. The SMILES string of the molecule is Cl.O=C(Cc1ccccc1Cl)N1C[C@H]2CNC[C@H]2C1. The molecule has 2 fully saturated rings. The van der Waals surface area contributed by atoms with Crippen molar-refractivity contribution in [2.45, 2.75) is 6.42 Å². The van der Waals surface area contributed by atoms with Crippen LogP contribution in [-0.2, 0) is 11.2 Å². The van der Waals surface area contributed by atoms with Crippen LogP contribution in [0.25, 0.3) is 0 Å². The van der Waals surface area contributed by atoms with Crippen molar-refractivity contribution in [3.63, 3.8) is 0 Å². The summed E-state index contributed by atoms with van der Waals surface area (Å²) in [5.74, 6) is 1.51. The van der Waals surface area contributed by atoms with Crippen LogP contribution in [0, 0.1) is 11.8 Å². The smallest absolute Gasteiger partial charge is 0.227 e. The molecule has 0 radical (unpaired) electrons. The second-order valence-electron chi connectivity index (χ2n) is 5.25. The summed E-state index contributed by atoms with van der Waals surface area (Å²) in [5, 5.41) is 4.07. The van der Waals surface area contributed by atoms with Crippen molar-refractivity contribution in [3.8, 4) is 0 Å². The van der Waals surface area contributed by atoms with E-state index in [1.165, 1.54) is 0 Å². The van der Waals surface area contributed by atoms with Crippen molar-refractivity contribution < 1.29 is 4.79 Å². The summed E-state index contributed by atoms with van der Waals surface area (Å²) < 4.78 is 0. The molecular formula is C14H18Cl2N2O. The average Bonchev–Trinajstić information content (AvgIpc) is 2.92. The minimum atomic E-state index is 0. The van der Waals surface area contributed by atoms with E-state index in [1.54, 1.807) is 0 Å². The predicted molar refractivity (Wildman–Crippen MR) is 78.8 cm³/mol. The summed E-state index contributed by atoms with van der Waals surface area (Å²) in [5.41, 5.74) is 0.930. The highest BCUT2D eigenvalue weighted by Crippen LogP contribution is 2.27. The number of hydrogen-bond acceptors (Lipinski definition) is 2. The molecule has 5 heteroatoms. The van der Waals surface area contributed by atoms with Gasteiger partial charge in [-0.3, -0.25) is 4.79 Å². The molecule has 2 aliphatic heterocycles. The van der Waals surface area contributed by atoms with E-state index in [4.69, 9.17) is 11.6 Å².